The van der Waals surface area contributed by atoms with Crippen LogP contribution >= 0.6 is 23.4 Å². The number of ketones is 1. The highest BCUT2D eigenvalue weighted by Crippen LogP contribution is 2.21. The molecule has 0 spiro atoms. The van der Waals surface area contributed by atoms with E-state index >= 15 is 0 Å². The summed E-state index contributed by atoms with van der Waals surface area (Å²) in [6.45, 7) is 0. The second-order valence-corrected chi connectivity index (χ2v) is 7.85. The van der Waals surface area contributed by atoms with Gasteiger partial charge in [-0.15, -0.1) is 11.8 Å². The second-order valence-electron chi connectivity index (χ2n) is 4.62. The number of halogens is 1. The molecule has 0 fully saturated rings. The van der Waals surface area contributed by atoms with E-state index in [-0.39, 0.29) is 5.78 Å². The van der Waals surface area contributed by atoms with Gasteiger partial charge in [-0.3, -0.25) is 9.52 Å². The van der Waals surface area contributed by atoms with Gasteiger partial charge in [0.2, 0.25) is 10.0 Å². The van der Waals surface area contributed by atoms with Crippen molar-refractivity contribution in [2.75, 3.05) is 16.7 Å². The van der Waals surface area contributed by atoms with E-state index in [2.05, 4.69) is 4.72 Å². The molecule has 0 radical (unpaired) electrons. The van der Waals surface area contributed by atoms with E-state index in [1.54, 1.807) is 36.4 Å². The molecule has 0 heterocycles. The van der Waals surface area contributed by atoms with E-state index in [9.17, 15) is 13.2 Å². The first-order valence-electron chi connectivity index (χ1n) is 6.33. The van der Waals surface area contributed by atoms with Gasteiger partial charge in [0.05, 0.1) is 12.0 Å². The number of hydrogen-bond acceptors (Lipinski definition) is 4. The van der Waals surface area contributed by atoms with Crippen molar-refractivity contribution >= 4 is 44.9 Å². The molecule has 0 saturated carbocycles. The largest absolute Gasteiger partial charge is 0.293 e. The van der Waals surface area contributed by atoms with Crippen molar-refractivity contribution in [3.8, 4) is 0 Å². The summed E-state index contributed by atoms with van der Waals surface area (Å²) in [7, 11) is -3.31. The van der Waals surface area contributed by atoms with E-state index in [1.165, 1.54) is 11.8 Å². The molecule has 0 unspecified atom stereocenters. The SMILES string of the molecule is CS(=O)(=O)Nc1ccc(C(=O)CSc2ccc(Cl)cc2)cc1. The number of carbonyl (C=O) groups excluding carboxylic acids is 1. The molecule has 0 aliphatic carbocycles. The first-order valence-corrected chi connectivity index (χ1v) is 9.58. The van der Waals surface area contributed by atoms with Gasteiger partial charge in [0.1, 0.15) is 0 Å². The maximum atomic E-state index is 12.1. The Balaban J connectivity index is 1.96. The molecule has 0 saturated heterocycles. The molecule has 7 heteroatoms. The Bertz CT molecular complexity index is 756. The molecule has 0 bridgehead atoms. The standard InChI is InChI=1S/C15H14ClNO3S2/c1-22(19,20)17-13-6-2-11(3-7-13)15(18)10-21-14-8-4-12(16)5-9-14/h2-9,17H,10H2,1H3. The van der Waals surface area contributed by atoms with Gasteiger partial charge in [-0.1, -0.05) is 11.6 Å². The highest BCUT2D eigenvalue weighted by Gasteiger charge is 2.08. The number of thioether (sulfide) groups is 1. The molecular weight excluding hydrogens is 342 g/mol. The summed E-state index contributed by atoms with van der Waals surface area (Å²) in [4.78, 5) is 13.1. The van der Waals surface area contributed by atoms with E-state index in [1.807, 2.05) is 12.1 Å². The fraction of sp³-hybridized carbons (Fsp3) is 0.133. The van der Waals surface area contributed by atoms with Crippen LogP contribution in [0, 0.1) is 0 Å². The van der Waals surface area contributed by atoms with Crippen LogP contribution in [0.1, 0.15) is 10.4 Å². The van der Waals surface area contributed by atoms with Crippen LogP contribution in [0.2, 0.25) is 5.02 Å². The summed E-state index contributed by atoms with van der Waals surface area (Å²) in [5, 5.41) is 0.657. The van der Waals surface area contributed by atoms with Crippen molar-refractivity contribution in [3.63, 3.8) is 0 Å². The van der Waals surface area contributed by atoms with Gasteiger partial charge in [0.25, 0.3) is 0 Å². The van der Waals surface area contributed by atoms with E-state index < -0.39 is 10.0 Å². The molecular formula is C15H14ClNO3S2. The van der Waals surface area contributed by atoms with Gasteiger partial charge in [0, 0.05) is 21.2 Å². The predicted octanol–water partition coefficient (Wildman–Crippen LogP) is 3.69. The summed E-state index contributed by atoms with van der Waals surface area (Å²) < 4.78 is 24.6. The van der Waals surface area contributed by atoms with Crippen molar-refractivity contribution in [2.45, 2.75) is 4.90 Å². The van der Waals surface area contributed by atoms with Crippen LogP contribution in [0.4, 0.5) is 5.69 Å². The second kappa shape index (κ2) is 7.17. The number of nitrogens with one attached hydrogen (secondary N) is 1. The van der Waals surface area contributed by atoms with Crippen LogP contribution in [-0.2, 0) is 10.0 Å². The van der Waals surface area contributed by atoms with Crippen LogP contribution < -0.4 is 4.72 Å². The quantitative estimate of drug-likeness (QED) is 0.634. The minimum Gasteiger partial charge on any atom is -0.293 e. The van der Waals surface area contributed by atoms with Crippen LogP contribution in [0.15, 0.2) is 53.4 Å². The molecule has 0 atom stereocenters. The number of Topliss-reactive ketones (excluding diaryl/α,β-unsaturated/α-hetero) is 1. The van der Waals surface area contributed by atoms with Crippen molar-refractivity contribution in [3.05, 3.63) is 59.1 Å². The lowest BCUT2D eigenvalue weighted by atomic mass is 10.1. The number of carbonyl (C=O) groups is 1. The molecule has 22 heavy (non-hydrogen) atoms. The van der Waals surface area contributed by atoms with Crippen molar-refractivity contribution in [2.24, 2.45) is 0 Å². The Morgan fingerprint density at radius 3 is 2.23 bits per heavy atom. The number of rotatable bonds is 6. The molecule has 4 nitrogen and oxygen atoms in total. The topological polar surface area (TPSA) is 63.2 Å². The number of hydrogen-bond donors (Lipinski definition) is 1. The molecule has 2 aromatic rings. The summed E-state index contributed by atoms with van der Waals surface area (Å²) >= 11 is 7.23. The number of sulfonamides is 1. The third kappa shape index (κ3) is 5.36. The van der Waals surface area contributed by atoms with Crippen molar-refractivity contribution in [1.82, 2.24) is 0 Å². The molecule has 1 N–H and O–H groups in total. The van der Waals surface area contributed by atoms with Gasteiger partial charge >= 0.3 is 0 Å². The van der Waals surface area contributed by atoms with Crippen molar-refractivity contribution < 1.29 is 13.2 Å². The summed E-state index contributed by atoms with van der Waals surface area (Å²) in [6.07, 6.45) is 1.08. The van der Waals surface area contributed by atoms with Crippen LogP contribution in [-0.4, -0.2) is 26.2 Å². The predicted molar refractivity (Wildman–Crippen MR) is 91.4 cm³/mol. The first kappa shape index (κ1) is 16.9. The summed E-state index contributed by atoms with van der Waals surface area (Å²) in [6, 6.07) is 13.6. The highest BCUT2D eigenvalue weighted by atomic mass is 35.5. The zero-order valence-electron chi connectivity index (χ0n) is 11.7. The van der Waals surface area contributed by atoms with Gasteiger partial charge in [-0.25, -0.2) is 8.42 Å². The monoisotopic (exact) mass is 355 g/mol. The normalized spacial score (nSPS) is 11.2. The smallest absolute Gasteiger partial charge is 0.229 e. The first-order chi connectivity index (χ1) is 10.3. The zero-order chi connectivity index (χ0) is 16.2. The summed E-state index contributed by atoms with van der Waals surface area (Å²) in [5.74, 6) is 0.284. The third-order valence-corrected chi connectivity index (χ3v) is 4.56. The average Bonchev–Trinajstić information content (AvgIpc) is 2.45. The molecule has 2 rings (SSSR count). The van der Waals surface area contributed by atoms with Gasteiger partial charge < -0.3 is 0 Å². The Kier molecular flexibility index (Phi) is 5.50. The fourth-order valence-corrected chi connectivity index (χ4v) is 3.18. The van der Waals surface area contributed by atoms with Crippen LogP contribution in [0.5, 0.6) is 0 Å². The molecule has 0 aliphatic rings. The minimum absolute atomic E-state index is 0.0224. The lowest BCUT2D eigenvalue weighted by Crippen LogP contribution is -2.10. The molecule has 2 aromatic carbocycles. The Hall–Kier alpha value is -1.50. The number of anilines is 1. The molecule has 0 aliphatic heterocycles. The lowest BCUT2D eigenvalue weighted by Gasteiger charge is -2.05. The summed E-state index contributed by atoms with van der Waals surface area (Å²) in [5.41, 5.74) is 0.977. The van der Waals surface area contributed by atoms with Gasteiger partial charge in [0.15, 0.2) is 5.78 Å². The fourth-order valence-electron chi connectivity index (χ4n) is 1.70. The van der Waals surface area contributed by atoms with E-state index in [0.717, 1.165) is 11.2 Å². The Morgan fingerprint density at radius 2 is 1.68 bits per heavy atom. The van der Waals surface area contributed by atoms with Gasteiger partial charge in [-0.2, -0.15) is 0 Å². The van der Waals surface area contributed by atoms with E-state index in [0.29, 0.717) is 22.0 Å². The van der Waals surface area contributed by atoms with Gasteiger partial charge in [-0.05, 0) is 48.5 Å². The van der Waals surface area contributed by atoms with Crippen LogP contribution in [0.3, 0.4) is 0 Å². The highest BCUT2D eigenvalue weighted by molar-refractivity contribution is 8.00. The molecule has 0 amide bonds. The molecule has 116 valence electrons. The lowest BCUT2D eigenvalue weighted by molar-refractivity contribution is 0.102. The Morgan fingerprint density at radius 1 is 1.09 bits per heavy atom. The Labute approximate surface area is 138 Å². The maximum Gasteiger partial charge on any atom is 0.229 e. The van der Waals surface area contributed by atoms with E-state index in [4.69, 9.17) is 11.6 Å². The third-order valence-electron chi connectivity index (χ3n) is 2.69. The average molecular weight is 356 g/mol. The molecule has 0 aromatic heterocycles. The van der Waals surface area contributed by atoms with Crippen LogP contribution in [0.25, 0.3) is 0 Å². The zero-order valence-corrected chi connectivity index (χ0v) is 14.1. The maximum absolute atomic E-state index is 12.1. The minimum atomic E-state index is -3.31. The number of benzene rings is 2. The van der Waals surface area contributed by atoms with Crippen molar-refractivity contribution in [1.29, 1.82) is 0 Å².